The summed E-state index contributed by atoms with van der Waals surface area (Å²) < 4.78 is 12.9. The zero-order valence-electron chi connectivity index (χ0n) is 22.1. The van der Waals surface area contributed by atoms with Crippen molar-refractivity contribution >= 4 is 57.3 Å². The molecule has 4 amide bonds. The second kappa shape index (κ2) is 11.6. The van der Waals surface area contributed by atoms with Gasteiger partial charge in [0.1, 0.15) is 11.6 Å². The minimum atomic E-state index is -1.65. The van der Waals surface area contributed by atoms with Crippen molar-refractivity contribution in [2.75, 3.05) is 27.3 Å². The summed E-state index contributed by atoms with van der Waals surface area (Å²) in [5.74, 6) is -5.18. The van der Waals surface area contributed by atoms with Crippen LogP contribution in [-0.2, 0) is 19.1 Å². The monoisotopic (exact) mass is 629 g/mol. The third-order valence-electron chi connectivity index (χ3n) is 6.38. The first-order chi connectivity index (χ1) is 19.0. The van der Waals surface area contributed by atoms with E-state index < -0.39 is 35.7 Å². The highest BCUT2D eigenvalue weighted by atomic mass is 79.9. The van der Waals surface area contributed by atoms with Crippen LogP contribution in [-0.4, -0.2) is 71.5 Å². The average molecular weight is 631 g/mol. The molecular formula is C28H25BrClN3O7. The summed E-state index contributed by atoms with van der Waals surface area (Å²) >= 11 is 9.55. The van der Waals surface area contributed by atoms with E-state index in [9.17, 15) is 24.0 Å². The normalized spacial score (nSPS) is 14.1. The molecule has 0 saturated carbocycles. The fourth-order valence-corrected chi connectivity index (χ4v) is 4.96. The lowest BCUT2D eigenvalue weighted by Crippen LogP contribution is -2.56. The zero-order chi connectivity index (χ0) is 29.3. The van der Waals surface area contributed by atoms with Gasteiger partial charge in [-0.3, -0.25) is 19.4 Å². The van der Waals surface area contributed by atoms with Gasteiger partial charge >= 0.3 is 18.0 Å². The molecule has 0 aliphatic carbocycles. The summed E-state index contributed by atoms with van der Waals surface area (Å²) in [7, 11) is 2.48. The molecule has 1 aliphatic rings. The Kier molecular flexibility index (Phi) is 8.45. The number of imide groups is 2. The summed E-state index contributed by atoms with van der Waals surface area (Å²) in [6, 6.07) is 12.5. The van der Waals surface area contributed by atoms with E-state index in [-0.39, 0.29) is 35.7 Å². The van der Waals surface area contributed by atoms with Crippen LogP contribution in [0.5, 0.6) is 0 Å². The van der Waals surface area contributed by atoms with E-state index in [1.165, 1.54) is 18.7 Å². The molecule has 10 nitrogen and oxygen atoms in total. The maximum atomic E-state index is 13.6. The Morgan fingerprint density at radius 3 is 1.90 bits per heavy atom. The molecule has 0 atom stereocenters. The molecule has 4 rings (SSSR count). The van der Waals surface area contributed by atoms with Crippen LogP contribution in [0, 0.1) is 0 Å². The van der Waals surface area contributed by atoms with Crippen molar-refractivity contribution in [3.8, 4) is 16.9 Å². The van der Waals surface area contributed by atoms with Crippen LogP contribution in [0.25, 0.3) is 16.9 Å². The average Bonchev–Trinajstić information content (AvgIpc) is 3.28. The number of esters is 2. The van der Waals surface area contributed by atoms with Crippen molar-refractivity contribution in [2.45, 2.75) is 19.8 Å². The lowest BCUT2D eigenvalue weighted by Gasteiger charge is -2.33. The topological polar surface area (TPSA) is 115 Å². The van der Waals surface area contributed by atoms with Crippen LogP contribution in [0.1, 0.15) is 46.2 Å². The number of aromatic nitrogens is 1. The Bertz CT molecular complexity index is 1490. The molecule has 0 radical (unpaired) electrons. The summed E-state index contributed by atoms with van der Waals surface area (Å²) in [5, 5.41) is 0.420. The number of barbiturate groups is 1. The van der Waals surface area contributed by atoms with Gasteiger partial charge in [0.05, 0.1) is 24.5 Å². The number of amides is 4. The Hall–Kier alpha value is -3.96. The quantitative estimate of drug-likeness (QED) is 0.265. The molecule has 2 aromatic carbocycles. The van der Waals surface area contributed by atoms with Crippen molar-refractivity contribution < 1.29 is 33.4 Å². The van der Waals surface area contributed by atoms with Crippen LogP contribution < -0.4 is 0 Å². The first-order valence-corrected chi connectivity index (χ1v) is 13.4. The molecule has 3 aromatic rings. The Labute approximate surface area is 243 Å². The second-order valence-corrected chi connectivity index (χ2v) is 10.1. The third kappa shape index (κ3) is 5.02. The summed E-state index contributed by atoms with van der Waals surface area (Å²) in [6.07, 6.45) is 0. The van der Waals surface area contributed by atoms with Crippen molar-refractivity contribution in [3.63, 3.8) is 0 Å². The van der Waals surface area contributed by atoms with Crippen LogP contribution in [0.15, 0.2) is 53.0 Å². The van der Waals surface area contributed by atoms with E-state index in [0.29, 0.717) is 16.3 Å². The Morgan fingerprint density at radius 2 is 1.38 bits per heavy atom. The molecule has 208 valence electrons. The van der Waals surface area contributed by atoms with Crippen molar-refractivity contribution in [1.29, 1.82) is 0 Å². The SMILES string of the molecule is CCOC(=O)c1c(C2C(=O)N(C)C(=O)N(C)C2=O)c(-c2ccc(Br)cc2)n(-c2ccc(Cl)cc2)c1C(=O)OCC. The molecule has 1 saturated heterocycles. The number of hydrogen-bond donors (Lipinski definition) is 0. The van der Waals surface area contributed by atoms with Gasteiger partial charge in [-0.25, -0.2) is 14.4 Å². The summed E-state index contributed by atoms with van der Waals surface area (Å²) in [4.78, 5) is 68.6. The number of carbonyl (C=O) groups is 5. The lowest BCUT2D eigenvalue weighted by atomic mass is 9.88. The molecular weight excluding hydrogens is 606 g/mol. The zero-order valence-corrected chi connectivity index (χ0v) is 24.4. The number of nitrogens with zero attached hydrogens (tertiary/aromatic N) is 3. The highest BCUT2D eigenvalue weighted by Crippen LogP contribution is 2.42. The first kappa shape index (κ1) is 29.0. The molecule has 40 heavy (non-hydrogen) atoms. The molecule has 12 heteroatoms. The van der Waals surface area contributed by atoms with E-state index in [1.54, 1.807) is 62.4 Å². The molecule has 0 unspecified atom stereocenters. The van der Waals surface area contributed by atoms with E-state index in [0.717, 1.165) is 14.3 Å². The fraction of sp³-hybridized carbons (Fsp3) is 0.250. The second-order valence-electron chi connectivity index (χ2n) is 8.76. The predicted molar refractivity (Wildman–Crippen MR) is 150 cm³/mol. The molecule has 0 N–H and O–H groups in total. The van der Waals surface area contributed by atoms with E-state index in [2.05, 4.69) is 15.9 Å². The number of hydrogen-bond acceptors (Lipinski definition) is 7. The van der Waals surface area contributed by atoms with Crippen molar-refractivity contribution in [2.24, 2.45) is 0 Å². The number of benzene rings is 2. The largest absolute Gasteiger partial charge is 0.462 e. The standard InChI is InChI=1S/C28H25BrClN3O7/c1-5-39-26(36)20-19(21-24(34)31(3)28(38)32(4)25(21)35)22(15-7-9-16(29)10-8-15)33(23(20)27(37)40-6-2)18-13-11-17(30)12-14-18/h7-14,21H,5-6H2,1-4H3. The van der Waals surface area contributed by atoms with Gasteiger partial charge in [0, 0.05) is 34.8 Å². The van der Waals surface area contributed by atoms with Crippen molar-refractivity contribution in [1.82, 2.24) is 14.4 Å². The van der Waals surface area contributed by atoms with Gasteiger partial charge in [-0.2, -0.15) is 0 Å². The molecule has 2 heterocycles. The maximum Gasteiger partial charge on any atom is 0.356 e. The third-order valence-corrected chi connectivity index (χ3v) is 7.16. The number of ether oxygens (including phenoxy) is 2. The number of urea groups is 1. The molecule has 0 bridgehead atoms. The number of halogens is 2. The minimum Gasteiger partial charge on any atom is -0.462 e. The summed E-state index contributed by atoms with van der Waals surface area (Å²) in [5.41, 5.74) is 0.436. The van der Waals surface area contributed by atoms with Gasteiger partial charge in [-0.1, -0.05) is 39.7 Å². The van der Waals surface area contributed by atoms with Crippen LogP contribution in [0.3, 0.4) is 0 Å². The number of carbonyl (C=O) groups excluding carboxylic acids is 5. The Morgan fingerprint density at radius 1 is 0.850 bits per heavy atom. The highest BCUT2D eigenvalue weighted by molar-refractivity contribution is 9.10. The van der Waals surface area contributed by atoms with Crippen LogP contribution >= 0.6 is 27.5 Å². The number of likely N-dealkylation sites (N-methyl/N-ethyl adjacent to an activating group) is 2. The molecule has 1 aromatic heterocycles. The van der Waals surface area contributed by atoms with Gasteiger partial charge in [-0.05, 0) is 55.8 Å². The van der Waals surface area contributed by atoms with Gasteiger partial charge in [0.25, 0.3) is 0 Å². The van der Waals surface area contributed by atoms with Crippen LogP contribution in [0.2, 0.25) is 5.02 Å². The smallest absolute Gasteiger partial charge is 0.356 e. The maximum absolute atomic E-state index is 13.6. The molecule has 1 aliphatic heterocycles. The van der Waals surface area contributed by atoms with E-state index in [4.69, 9.17) is 21.1 Å². The fourth-order valence-electron chi connectivity index (χ4n) is 4.57. The Balaban J connectivity index is 2.24. The predicted octanol–water partition coefficient (Wildman–Crippen LogP) is 5.05. The van der Waals surface area contributed by atoms with E-state index >= 15 is 0 Å². The minimum absolute atomic E-state index is 0.0168. The van der Waals surface area contributed by atoms with E-state index in [1.807, 2.05) is 0 Å². The van der Waals surface area contributed by atoms with Gasteiger partial charge in [0.15, 0.2) is 0 Å². The molecule has 0 spiro atoms. The van der Waals surface area contributed by atoms with Gasteiger partial charge < -0.3 is 14.0 Å². The molecule has 1 fully saturated rings. The lowest BCUT2D eigenvalue weighted by molar-refractivity contribution is -0.143. The van der Waals surface area contributed by atoms with Crippen molar-refractivity contribution in [3.05, 3.63) is 74.8 Å². The van der Waals surface area contributed by atoms with Crippen LogP contribution in [0.4, 0.5) is 4.79 Å². The van der Waals surface area contributed by atoms with Gasteiger partial charge in [-0.15, -0.1) is 0 Å². The first-order valence-electron chi connectivity index (χ1n) is 12.3. The van der Waals surface area contributed by atoms with Gasteiger partial charge in [0.2, 0.25) is 11.8 Å². The summed E-state index contributed by atoms with van der Waals surface area (Å²) in [6.45, 7) is 3.13. The number of rotatable bonds is 7. The highest BCUT2D eigenvalue weighted by Gasteiger charge is 2.49.